The van der Waals surface area contributed by atoms with Gasteiger partial charge in [-0.2, -0.15) is 0 Å². The number of anilines is 1. The molecule has 2 aromatic carbocycles. The van der Waals surface area contributed by atoms with Gasteiger partial charge in [-0.3, -0.25) is 19.3 Å². The third-order valence-corrected chi connectivity index (χ3v) is 4.37. The second-order valence-corrected chi connectivity index (χ2v) is 6.19. The largest absolute Gasteiger partial charge is 0.497 e. The molecule has 3 rings (SSSR count). The molecule has 0 aliphatic carbocycles. The minimum atomic E-state index is -0.636. The van der Waals surface area contributed by atoms with Gasteiger partial charge < -0.3 is 10.1 Å². The summed E-state index contributed by atoms with van der Waals surface area (Å²) in [6.07, 6.45) is 0.0748. The number of carbonyl (C=O) groups is 3. The highest BCUT2D eigenvalue weighted by atomic mass is 16.5. The predicted molar refractivity (Wildman–Crippen MR) is 96.7 cm³/mol. The summed E-state index contributed by atoms with van der Waals surface area (Å²) in [6.45, 7) is 1.64. The minimum Gasteiger partial charge on any atom is -0.497 e. The molecule has 0 bridgehead atoms. The van der Waals surface area contributed by atoms with E-state index in [1.54, 1.807) is 18.2 Å². The molecule has 134 valence electrons. The molecule has 1 aliphatic heterocycles. The molecule has 1 N–H and O–H groups in total. The van der Waals surface area contributed by atoms with Gasteiger partial charge in [-0.25, -0.2) is 0 Å². The van der Waals surface area contributed by atoms with Crippen LogP contribution in [0.1, 0.15) is 30.4 Å². The molecule has 6 heteroatoms. The number of hydrogen-bond donors (Lipinski definition) is 1. The number of carbonyl (C=O) groups excluding carboxylic acids is 3. The summed E-state index contributed by atoms with van der Waals surface area (Å²) in [5.74, 6) is -0.799. The third-order valence-electron chi connectivity index (χ3n) is 4.37. The fourth-order valence-electron chi connectivity index (χ4n) is 3.12. The molecule has 1 heterocycles. The van der Waals surface area contributed by atoms with Crippen LogP contribution in [0.2, 0.25) is 0 Å². The van der Waals surface area contributed by atoms with Crippen molar-refractivity contribution in [1.82, 2.24) is 4.90 Å². The first-order valence-corrected chi connectivity index (χ1v) is 8.33. The Morgan fingerprint density at radius 3 is 2.58 bits per heavy atom. The number of imide groups is 1. The van der Waals surface area contributed by atoms with E-state index in [1.165, 1.54) is 18.9 Å². The normalized spacial score (nSPS) is 16.7. The van der Waals surface area contributed by atoms with E-state index in [1.807, 2.05) is 30.3 Å². The van der Waals surface area contributed by atoms with Crippen molar-refractivity contribution in [3.63, 3.8) is 0 Å². The van der Waals surface area contributed by atoms with Crippen molar-refractivity contribution in [2.24, 2.45) is 0 Å². The highest BCUT2D eigenvalue weighted by Crippen LogP contribution is 2.36. The summed E-state index contributed by atoms with van der Waals surface area (Å²) in [5, 5.41) is 2.72. The Labute approximate surface area is 151 Å². The molecular weight excluding hydrogens is 332 g/mol. The summed E-state index contributed by atoms with van der Waals surface area (Å²) in [6, 6.07) is 14.5. The minimum absolute atomic E-state index is 0.0748. The van der Waals surface area contributed by atoms with Gasteiger partial charge in [0.15, 0.2) is 0 Å². The summed E-state index contributed by atoms with van der Waals surface area (Å²) in [4.78, 5) is 38.1. The van der Waals surface area contributed by atoms with Crippen molar-refractivity contribution < 1.29 is 19.1 Å². The lowest BCUT2D eigenvalue weighted by molar-refractivity contribution is -0.139. The van der Waals surface area contributed by atoms with Gasteiger partial charge in [0.05, 0.1) is 19.6 Å². The Morgan fingerprint density at radius 1 is 1.19 bits per heavy atom. The monoisotopic (exact) mass is 352 g/mol. The Morgan fingerprint density at radius 2 is 1.92 bits per heavy atom. The van der Waals surface area contributed by atoms with Gasteiger partial charge in [-0.1, -0.05) is 30.3 Å². The first-order valence-electron chi connectivity index (χ1n) is 8.33. The van der Waals surface area contributed by atoms with Gasteiger partial charge in [0.2, 0.25) is 17.7 Å². The third kappa shape index (κ3) is 3.59. The van der Waals surface area contributed by atoms with Gasteiger partial charge in [-0.15, -0.1) is 0 Å². The number of amides is 3. The number of methoxy groups -OCH3 is 1. The van der Waals surface area contributed by atoms with Crippen molar-refractivity contribution in [1.29, 1.82) is 0 Å². The van der Waals surface area contributed by atoms with Crippen LogP contribution in [0.5, 0.6) is 5.75 Å². The molecule has 1 fully saturated rings. The van der Waals surface area contributed by atoms with E-state index in [4.69, 9.17) is 4.74 Å². The van der Waals surface area contributed by atoms with Crippen molar-refractivity contribution in [2.75, 3.05) is 12.4 Å². The van der Waals surface area contributed by atoms with Crippen molar-refractivity contribution in [2.45, 2.75) is 25.8 Å². The number of nitrogens with zero attached hydrogens (tertiary/aromatic N) is 1. The zero-order valence-electron chi connectivity index (χ0n) is 14.7. The average Bonchev–Trinajstić information content (AvgIpc) is 2.90. The van der Waals surface area contributed by atoms with E-state index in [-0.39, 0.29) is 30.7 Å². The van der Waals surface area contributed by atoms with Crippen LogP contribution in [-0.2, 0) is 20.9 Å². The van der Waals surface area contributed by atoms with Crippen LogP contribution < -0.4 is 10.1 Å². The molecule has 1 atom stereocenters. The molecule has 1 saturated heterocycles. The quantitative estimate of drug-likeness (QED) is 0.840. The van der Waals surface area contributed by atoms with Gasteiger partial charge in [0, 0.05) is 19.0 Å². The highest BCUT2D eigenvalue weighted by Gasteiger charge is 2.40. The Kier molecular flexibility index (Phi) is 5.02. The molecule has 0 spiro atoms. The zero-order chi connectivity index (χ0) is 18.7. The van der Waals surface area contributed by atoms with Crippen LogP contribution >= 0.6 is 0 Å². The van der Waals surface area contributed by atoms with Gasteiger partial charge >= 0.3 is 0 Å². The van der Waals surface area contributed by atoms with Gasteiger partial charge in [0.1, 0.15) is 5.75 Å². The maximum Gasteiger partial charge on any atom is 0.237 e. The fourth-order valence-corrected chi connectivity index (χ4v) is 3.12. The molecular formula is C20H20N2O4. The molecule has 1 unspecified atom stereocenters. The molecule has 3 amide bonds. The predicted octanol–water partition coefficient (Wildman–Crippen LogP) is 2.70. The molecule has 6 nitrogen and oxygen atoms in total. The summed E-state index contributed by atoms with van der Waals surface area (Å²) in [5.41, 5.74) is 2.00. The number of likely N-dealkylation sites (tertiary alicyclic amines) is 1. The fraction of sp³-hybridized carbons (Fsp3) is 0.250. The zero-order valence-corrected chi connectivity index (χ0v) is 14.7. The van der Waals surface area contributed by atoms with E-state index >= 15 is 0 Å². The van der Waals surface area contributed by atoms with Crippen LogP contribution in [0.3, 0.4) is 0 Å². The Bertz CT molecular complexity index is 848. The van der Waals surface area contributed by atoms with Gasteiger partial charge in [0.25, 0.3) is 0 Å². The number of nitrogens with one attached hydrogen (secondary N) is 1. The van der Waals surface area contributed by atoms with E-state index < -0.39 is 5.92 Å². The van der Waals surface area contributed by atoms with Gasteiger partial charge in [-0.05, 0) is 29.3 Å². The second kappa shape index (κ2) is 7.39. The summed E-state index contributed by atoms with van der Waals surface area (Å²) in [7, 11) is 1.53. The van der Waals surface area contributed by atoms with Crippen LogP contribution in [-0.4, -0.2) is 29.7 Å². The number of benzene rings is 2. The van der Waals surface area contributed by atoms with Crippen LogP contribution in [0.4, 0.5) is 5.69 Å². The number of ether oxygens (including phenoxy) is 1. The first kappa shape index (κ1) is 17.7. The van der Waals surface area contributed by atoms with Crippen molar-refractivity contribution >= 4 is 23.4 Å². The lowest BCUT2D eigenvalue weighted by Crippen LogP contribution is -2.29. The van der Waals surface area contributed by atoms with Crippen LogP contribution in [0, 0.1) is 0 Å². The van der Waals surface area contributed by atoms with Crippen LogP contribution in [0.25, 0.3) is 0 Å². The number of rotatable bonds is 5. The molecule has 26 heavy (non-hydrogen) atoms. The maximum absolute atomic E-state index is 12.9. The average molecular weight is 352 g/mol. The maximum atomic E-state index is 12.9. The van der Waals surface area contributed by atoms with Crippen molar-refractivity contribution in [3.8, 4) is 5.75 Å². The van der Waals surface area contributed by atoms with E-state index in [0.29, 0.717) is 17.0 Å². The standard InChI is InChI=1S/C20H20N2O4/c1-13(23)21-18-9-8-15(26-2)10-16(18)17-11-19(24)22(20(17)25)12-14-6-4-3-5-7-14/h3-10,17H,11-12H2,1-2H3,(H,21,23). The SMILES string of the molecule is COc1ccc(NC(C)=O)c(C2CC(=O)N(Cc3ccccc3)C2=O)c1. The second-order valence-electron chi connectivity index (χ2n) is 6.19. The summed E-state index contributed by atoms with van der Waals surface area (Å²) >= 11 is 0. The van der Waals surface area contributed by atoms with Crippen LogP contribution in [0.15, 0.2) is 48.5 Å². The van der Waals surface area contributed by atoms with E-state index in [9.17, 15) is 14.4 Å². The summed E-state index contributed by atoms with van der Waals surface area (Å²) < 4.78 is 5.24. The molecule has 0 saturated carbocycles. The lowest BCUT2D eigenvalue weighted by atomic mass is 9.95. The molecule has 1 aliphatic rings. The lowest BCUT2D eigenvalue weighted by Gasteiger charge is -2.17. The Balaban J connectivity index is 1.91. The van der Waals surface area contributed by atoms with Crippen molar-refractivity contribution in [3.05, 3.63) is 59.7 Å². The smallest absolute Gasteiger partial charge is 0.237 e. The molecule has 0 radical (unpaired) electrons. The van der Waals surface area contributed by atoms with E-state index in [2.05, 4.69) is 5.32 Å². The molecule has 2 aromatic rings. The van der Waals surface area contributed by atoms with E-state index in [0.717, 1.165) is 5.56 Å². The molecule has 0 aromatic heterocycles. The number of hydrogen-bond acceptors (Lipinski definition) is 4. The Hall–Kier alpha value is -3.15. The topological polar surface area (TPSA) is 75.7 Å². The first-order chi connectivity index (χ1) is 12.5. The highest BCUT2D eigenvalue weighted by molar-refractivity contribution is 6.07.